The van der Waals surface area contributed by atoms with E-state index in [0.717, 1.165) is 17.0 Å². The Bertz CT molecular complexity index is 1110. The second-order valence-corrected chi connectivity index (χ2v) is 7.43. The van der Waals surface area contributed by atoms with Crippen LogP contribution in [0.1, 0.15) is 26.4 Å². The Morgan fingerprint density at radius 3 is 2.21 bits per heavy atom. The van der Waals surface area contributed by atoms with Crippen LogP contribution in [-0.4, -0.2) is 52.8 Å². The highest BCUT2D eigenvalue weighted by Gasteiger charge is 2.27. The summed E-state index contributed by atoms with van der Waals surface area (Å²) in [4.78, 5) is 33.6. The van der Waals surface area contributed by atoms with Crippen molar-refractivity contribution in [1.29, 1.82) is 0 Å². The van der Waals surface area contributed by atoms with Crippen LogP contribution in [0.2, 0.25) is 5.02 Å². The minimum absolute atomic E-state index is 0.0892. The van der Waals surface area contributed by atoms with Crippen LogP contribution in [0.4, 0.5) is 4.39 Å². The summed E-state index contributed by atoms with van der Waals surface area (Å²) in [5, 5.41) is 1.01. The molecule has 3 aromatic rings. The number of nitrogens with zero attached hydrogens (tertiary/aromatic N) is 3. The molecule has 29 heavy (non-hydrogen) atoms. The Morgan fingerprint density at radius 2 is 1.55 bits per heavy atom. The van der Waals surface area contributed by atoms with E-state index in [1.54, 1.807) is 9.80 Å². The van der Waals surface area contributed by atoms with Crippen LogP contribution in [0, 0.1) is 12.7 Å². The van der Waals surface area contributed by atoms with Crippen molar-refractivity contribution in [2.24, 2.45) is 0 Å². The van der Waals surface area contributed by atoms with E-state index >= 15 is 0 Å². The summed E-state index contributed by atoms with van der Waals surface area (Å²) < 4.78 is 13.2. The summed E-state index contributed by atoms with van der Waals surface area (Å²) in [5.74, 6) is -0.834. The second-order valence-electron chi connectivity index (χ2n) is 7.02. The van der Waals surface area contributed by atoms with Gasteiger partial charge >= 0.3 is 0 Å². The van der Waals surface area contributed by atoms with Crippen molar-refractivity contribution in [1.82, 2.24) is 14.8 Å². The highest BCUT2D eigenvalue weighted by Crippen LogP contribution is 2.21. The van der Waals surface area contributed by atoms with E-state index in [-0.39, 0.29) is 22.4 Å². The lowest BCUT2D eigenvalue weighted by atomic mass is 10.1. The molecule has 1 fully saturated rings. The molecule has 5 nitrogen and oxygen atoms in total. The molecule has 0 saturated carbocycles. The summed E-state index contributed by atoms with van der Waals surface area (Å²) in [6.07, 6.45) is 0. The van der Waals surface area contributed by atoms with E-state index < -0.39 is 5.82 Å². The number of aryl methyl sites for hydroxylation is 1. The molecule has 0 unspecified atom stereocenters. The molecule has 1 aliphatic heterocycles. The van der Waals surface area contributed by atoms with Crippen molar-refractivity contribution in [2.75, 3.05) is 26.2 Å². The van der Waals surface area contributed by atoms with Gasteiger partial charge in [-0.2, -0.15) is 0 Å². The molecular formula is C22H19ClFN3O2. The summed E-state index contributed by atoms with van der Waals surface area (Å²) in [6, 6.07) is 13.3. The van der Waals surface area contributed by atoms with Gasteiger partial charge in [-0.15, -0.1) is 0 Å². The zero-order chi connectivity index (χ0) is 20.5. The minimum Gasteiger partial charge on any atom is -0.335 e. The number of rotatable bonds is 2. The maximum atomic E-state index is 13.2. The van der Waals surface area contributed by atoms with E-state index in [4.69, 9.17) is 11.6 Å². The van der Waals surface area contributed by atoms with Crippen molar-refractivity contribution in [3.05, 3.63) is 76.2 Å². The van der Waals surface area contributed by atoms with Crippen LogP contribution in [0.25, 0.3) is 10.9 Å². The largest absolute Gasteiger partial charge is 0.335 e. The number of piperazine rings is 1. The second kappa shape index (κ2) is 7.79. The van der Waals surface area contributed by atoms with E-state index in [0.29, 0.717) is 37.4 Å². The summed E-state index contributed by atoms with van der Waals surface area (Å²) in [6.45, 7) is 3.43. The lowest BCUT2D eigenvalue weighted by molar-refractivity contribution is 0.0535. The first-order chi connectivity index (χ1) is 13.9. The standard InChI is InChI=1S/C22H19ClFN3O2/c1-14-18(12-15-4-2-3-5-20(15)25-14)22(29)27-10-8-26(9-11-27)21(28)17-7-6-16(24)13-19(17)23/h2-7,12-13H,8-11H2,1H3. The number of hydrogen-bond acceptors (Lipinski definition) is 3. The summed E-state index contributed by atoms with van der Waals surface area (Å²) >= 11 is 6.01. The fourth-order valence-corrected chi connectivity index (χ4v) is 3.79. The Balaban J connectivity index is 1.47. The van der Waals surface area contributed by atoms with Crippen LogP contribution < -0.4 is 0 Å². The van der Waals surface area contributed by atoms with Crippen molar-refractivity contribution >= 4 is 34.3 Å². The van der Waals surface area contributed by atoms with Gasteiger partial charge in [-0.3, -0.25) is 14.6 Å². The van der Waals surface area contributed by atoms with Gasteiger partial charge in [0.2, 0.25) is 0 Å². The number of aromatic nitrogens is 1. The lowest BCUT2D eigenvalue weighted by Gasteiger charge is -2.35. The Morgan fingerprint density at radius 1 is 0.931 bits per heavy atom. The first-order valence-electron chi connectivity index (χ1n) is 9.34. The van der Waals surface area contributed by atoms with Gasteiger partial charge in [0.25, 0.3) is 11.8 Å². The Hall–Kier alpha value is -2.99. The smallest absolute Gasteiger partial charge is 0.255 e. The predicted octanol–water partition coefficient (Wildman–Crippen LogP) is 3.93. The lowest BCUT2D eigenvalue weighted by Crippen LogP contribution is -2.50. The number of para-hydroxylation sites is 1. The molecule has 1 aliphatic rings. The zero-order valence-corrected chi connectivity index (χ0v) is 16.6. The number of carbonyl (C=O) groups is 2. The quantitative estimate of drug-likeness (QED) is 0.642. The van der Waals surface area contributed by atoms with Gasteiger partial charge in [-0.05, 0) is 37.3 Å². The van der Waals surface area contributed by atoms with Crippen LogP contribution >= 0.6 is 11.6 Å². The number of hydrogen-bond donors (Lipinski definition) is 0. The molecule has 0 spiro atoms. The molecule has 4 rings (SSSR count). The molecule has 2 heterocycles. The number of benzene rings is 2. The molecule has 2 aromatic carbocycles. The molecule has 0 N–H and O–H groups in total. The first kappa shape index (κ1) is 19.3. The fourth-order valence-electron chi connectivity index (χ4n) is 3.54. The molecule has 7 heteroatoms. The van der Waals surface area contributed by atoms with E-state index in [2.05, 4.69) is 4.98 Å². The third kappa shape index (κ3) is 3.80. The maximum absolute atomic E-state index is 13.2. The molecule has 0 aliphatic carbocycles. The molecule has 0 radical (unpaired) electrons. The molecule has 1 saturated heterocycles. The first-order valence-corrected chi connectivity index (χ1v) is 9.72. The monoisotopic (exact) mass is 411 g/mol. The third-order valence-electron chi connectivity index (χ3n) is 5.16. The van der Waals surface area contributed by atoms with Crippen molar-refractivity contribution < 1.29 is 14.0 Å². The molecule has 2 amide bonds. The van der Waals surface area contributed by atoms with Crippen LogP contribution in [0.15, 0.2) is 48.5 Å². The van der Waals surface area contributed by atoms with Crippen molar-refractivity contribution in [3.63, 3.8) is 0 Å². The normalized spacial score (nSPS) is 14.3. The molecule has 0 bridgehead atoms. The highest BCUT2D eigenvalue weighted by molar-refractivity contribution is 6.33. The molecule has 148 valence electrons. The highest BCUT2D eigenvalue weighted by atomic mass is 35.5. The Labute approximate surface area is 172 Å². The van der Waals surface area contributed by atoms with E-state index in [9.17, 15) is 14.0 Å². The van der Waals surface area contributed by atoms with Gasteiger partial charge in [0.15, 0.2) is 0 Å². The van der Waals surface area contributed by atoms with Gasteiger partial charge in [0.1, 0.15) is 5.82 Å². The van der Waals surface area contributed by atoms with Crippen LogP contribution in [0.5, 0.6) is 0 Å². The zero-order valence-electron chi connectivity index (χ0n) is 15.9. The maximum Gasteiger partial charge on any atom is 0.255 e. The van der Waals surface area contributed by atoms with Gasteiger partial charge in [-0.1, -0.05) is 29.8 Å². The van der Waals surface area contributed by atoms with E-state index in [1.165, 1.54) is 12.1 Å². The van der Waals surface area contributed by atoms with Gasteiger partial charge in [0, 0.05) is 31.6 Å². The van der Waals surface area contributed by atoms with E-state index in [1.807, 2.05) is 37.3 Å². The van der Waals surface area contributed by atoms with Gasteiger partial charge in [-0.25, -0.2) is 4.39 Å². The number of halogens is 2. The molecule has 1 aromatic heterocycles. The van der Waals surface area contributed by atoms with Crippen LogP contribution in [-0.2, 0) is 0 Å². The number of pyridine rings is 1. The molecular weight excluding hydrogens is 393 g/mol. The number of carbonyl (C=O) groups excluding carboxylic acids is 2. The SMILES string of the molecule is Cc1nc2ccccc2cc1C(=O)N1CCN(C(=O)c2ccc(F)cc2Cl)CC1. The Kier molecular flexibility index (Phi) is 5.20. The minimum atomic E-state index is -0.485. The van der Waals surface area contributed by atoms with Gasteiger partial charge < -0.3 is 9.80 Å². The fraction of sp³-hybridized carbons (Fsp3) is 0.227. The van der Waals surface area contributed by atoms with Crippen molar-refractivity contribution in [3.8, 4) is 0 Å². The average Bonchev–Trinajstić information content (AvgIpc) is 2.72. The average molecular weight is 412 g/mol. The van der Waals surface area contributed by atoms with Crippen LogP contribution in [0.3, 0.4) is 0 Å². The van der Waals surface area contributed by atoms with Crippen molar-refractivity contribution in [2.45, 2.75) is 6.92 Å². The summed E-state index contributed by atoms with van der Waals surface area (Å²) in [7, 11) is 0. The number of amides is 2. The predicted molar refractivity (Wildman–Crippen MR) is 110 cm³/mol. The summed E-state index contributed by atoms with van der Waals surface area (Å²) in [5.41, 5.74) is 2.38. The third-order valence-corrected chi connectivity index (χ3v) is 5.47. The number of fused-ring (bicyclic) bond motifs is 1. The topological polar surface area (TPSA) is 53.5 Å². The molecule has 0 atom stereocenters. The van der Waals surface area contributed by atoms with Gasteiger partial charge in [0.05, 0.1) is 27.4 Å².